The van der Waals surface area contributed by atoms with Gasteiger partial charge in [-0.1, -0.05) is 11.6 Å². The Balaban J connectivity index is 2.43. The van der Waals surface area contributed by atoms with Crippen LogP contribution in [0, 0.1) is 11.6 Å². The molecule has 0 aromatic heterocycles. The molecule has 0 fully saturated rings. The molecular weight excluding hydrogens is 390 g/mol. The van der Waals surface area contributed by atoms with Crippen LogP contribution in [-0.4, -0.2) is 8.42 Å². The first kappa shape index (κ1) is 16.0. The standard InChI is InChI=1S/C12H8BrClF2N2O2S/c13-7-2-1-6(3-9(7)15)18-21(19,20)12-5-11(17)10(16)4-8(12)14/h1-5,18H,17H2. The van der Waals surface area contributed by atoms with Crippen LogP contribution in [-0.2, 0) is 10.0 Å². The van der Waals surface area contributed by atoms with Gasteiger partial charge < -0.3 is 5.73 Å². The number of benzene rings is 2. The molecule has 2 aromatic rings. The average Bonchev–Trinajstić information content (AvgIpc) is 2.37. The SMILES string of the molecule is Nc1cc(S(=O)(=O)Nc2ccc(Br)c(F)c2)c(Cl)cc1F. The second-order valence-corrected chi connectivity index (χ2v) is 6.95. The van der Waals surface area contributed by atoms with Crippen molar-refractivity contribution in [3.63, 3.8) is 0 Å². The average molecular weight is 398 g/mol. The van der Waals surface area contributed by atoms with E-state index >= 15 is 0 Å². The molecule has 0 amide bonds. The van der Waals surface area contributed by atoms with Gasteiger partial charge >= 0.3 is 0 Å². The molecule has 0 atom stereocenters. The van der Waals surface area contributed by atoms with Gasteiger partial charge in [-0.05, 0) is 46.3 Å². The molecule has 0 aliphatic carbocycles. The lowest BCUT2D eigenvalue weighted by Crippen LogP contribution is -2.14. The first-order valence-corrected chi connectivity index (χ1v) is 8.08. The molecule has 0 saturated heterocycles. The Morgan fingerprint density at radius 2 is 1.81 bits per heavy atom. The van der Waals surface area contributed by atoms with Gasteiger partial charge in [-0.25, -0.2) is 17.2 Å². The summed E-state index contributed by atoms with van der Waals surface area (Å²) in [6, 6.07) is 5.38. The Morgan fingerprint density at radius 3 is 2.43 bits per heavy atom. The van der Waals surface area contributed by atoms with Gasteiger partial charge in [0, 0.05) is 0 Å². The molecule has 2 rings (SSSR count). The fourth-order valence-corrected chi connectivity index (χ4v) is 3.37. The van der Waals surface area contributed by atoms with E-state index in [1.807, 2.05) is 0 Å². The summed E-state index contributed by atoms with van der Waals surface area (Å²) in [6.45, 7) is 0. The zero-order valence-corrected chi connectivity index (χ0v) is 13.4. The molecule has 9 heteroatoms. The van der Waals surface area contributed by atoms with Gasteiger partial charge in [0.1, 0.15) is 16.5 Å². The maximum Gasteiger partial charge on any atom is 0.263 e. The fraction of sp³-hybridized carbons (Fsp3) is 0. The van der Waals surface area contributed by atoms with Crippen LogP contribution in [0.25, 0.3) is 0 Å². The molecule has 0 spiro atoms. The minimum atomic E-state index is -4.12. The highest BCUT2D eigenvalue weighted by molar-refractivity contribution is 9.10. The normalized spacial score (nSPS) is 11.4. The van der Waals surface area contributed by atoms with Crippen molar-refractivity contribution in [2.45, 2.75) is 4.90 Å². The van der Waals surface area contributed by atoms with Crippen molar-refractivity contribution < 1.29 is 17.2 Å². The molecule has 0 bridgehead atoms. The summed E-state index contributed by atoms with van der Waals surface area (Å²) in [6.07, 6.45) is 0. The summed E-state index contributed by atoms with van der Waals surface area (Å²) in [5.74, 6) is -1.46. The van der Waals surface area contributed by atoms with Crippen LogP contribution in [0.4, 0.5) is 20.2 Å². The molecule has 0 aliphatic heterocycles. The largest absolute Gasteiger partial charge is 0.396 e. The van der Waals surface area contributed by atoms with E-state index < -0.39 is 26.6 Å². The summed E-state index contributed by atoms with van der Waals surface area (Å²) in [7, 11) is -4.12. The number of nitrogens with one attached hydrogen (secondary N) is 1. The van der Waals surface area contributed by atoms with Crippen LogP contribution >= 0.6 is 27.5 Å². The number of nitrogen functional groups attached to an aromatic ring is 1. The Kier molecular flexibility index (Phi) is 4.40. The maximum atomic E-state index is 13.4. The highest BCUT2D eigenvalue weighted by Crippen LogP contribution is 2.28. The van der Waals surface area contributed by atoms with Gasteiger partial charge in [-0.2, -0.15) is 0 Å². The van der Waals surface area contributed by atoms with Crippen molar-refractivity contribution in [2.24, 2.45) is 0 Å². The number of halogens is 4. The van der Waals surface area contributed by atoms with Crippen LogP contribution in [0.3, 0.4) is 0 Å². The number of hydrogen-bond donors (Lipinski definition) is 2. The molecular formula is C12H8BrClF2N2O2S. The van der Waals surface area contributed by atoms with E-state index in [4.69, 9.17) is 17.3 Å². The van der Waals surface area contributed by atoms with E-state index in [1.54, 1.807) is 0 Å². The van der Waals surface area contributed by atoms with Gasteiger partial charge in [0.05, 0.1) is 20.9 Å². The van der Waals surface area contributed by atoms with Crippen LogP contribution in [0.1, 0.15) is 0 Å². The fourth-order valence-electron chi connectivity index (χ4n) is 1.52. The van der Waals surface area contributed by atoms with E-state index in [0.717, 1.165) is 18.2 Å². The third-order valence-corrected chi connectivity index (χ3v) is 5.00. The number of rotatable bonds is 3. The van der Waals surface area contributed by atoms with Crippen LogP contribution in [0.2, 0.25) is 5.02 Å². The van der Waals surface area contributed by atoms with E-state index in [2.05, 4.69) is 20.7 Å². The number of hydrogen-bond acceptors (Lipinski definition) is 3. The van der Waals surface area contributed by atoms with Gasteiger partial charge in [-0.15, -0.1) is 0 Å². The highest BCUT2D eigenvalue weighted by Gasteiger charge is 2.20. The third-order valence-electron chi connectivity index (χ3n) is 2.51. The van der Waals surface area contributed by atoms with Gasteiger partial charge in [0.2, 0.25) is 0 Å². The predicted octanol–water partition coefficient (Wildman–Crippen LogP) is 3.76. The first-order valence-electron chi connectivity index (χ1n) is 5.43. The van der Waals surface area contributed by atoms with Crippen molar-refractivity contribution in [3.8, 4) is 0 Å². The van der Waals surface area contributed by atoms with Gasteiger partial charge in [0.15, 0.2) is 0 Å². The zero-order chi connectivity index (χ0) is 15.8. The second-order valence-electron chi connectivity index (χ2n) is 4.04. The van der Waals surface area contributed by atoms with E-state index in [-0.39, 0.29) is 20.9 Å². The molecule has 0 radical (unpaired) electrons. The molecule has 0 heterocycles. The van der Waals surface area contributed by atoms with Crippen molar-refractivity contribution >= 4 is 48.9 Å². The Hall–Kier alpha value is -1.38. The van der Waals surface area contributed by atoms with Crippen LogP contribution < -0.4 is 10.5 Å². The lowest BCUT2D eigenvalue weighted by atomic mass is 10.3. The zero-order valence-electron chi connectivity index (χ0n) is 10.2. The summed E-state index contributed by atoms with van der Waals surface area (Å²) in [4.78, 5) is -0.397. The lowest BCUT2D eigenvalue weighted by Gasteiger charge is -2.11. The van der Waals surface area contributed by atoms with Gasteiger partial charge in [0.25, 0.3) is 10.0 Å². The smallest absolute Gasteiger partial charge is 0.263 e. The molecule has 21 heavy (non-hydrogen) atoms. The van der Waals surface area contributed by atoms with E-state index in [0.29, 0.717) is 0 Å². The van der Waals surface area contributed by atoms with Crippen LogP contribution in [0.5, 0.6) is 0 Å². The number of nitrogens with two attached hydrogens (primary N) is 1. The van der Waals surface area contributed by atoms with Crippen molar-refractivity contribution in [3.05, 3.63) is 51.5 Å². The minimum Gasteiger partial charge on any atom is -0.396 e. The maximum absolute atomic E-state index is 13.4. The molecule has 112 valence electrons. The number of anilines is 2. The minimum absolute atomic E-state index is 0.00494. The Morgan fingerprint density at radius 1 is 1.14 bits per heavy atom. The quantitative estimate of drug-likeness (QED) is 0.775. The molecule has 4 nitrogen and oxygen atoms in total. The topological polar surface area (TPSA) is 72.2 Å². The van der Waals surface area contributed by atoms with Gasteiger partial charge in [-0.3, -0.25) is 4.72 Å². The predicted molar refractivity (Wildman–Crippen MR) is 80.7 cm³/mol. The first-order chi connectivity index (χ1) is 9.70. The molecule has 0 aliphatic rings. The molecule has 3 N–H and O–H groups in total. The third kappa shape index (κ3) is 3.45. The van der Waals surface area contributed by atoms with E-state index in [9.17, 15) is 17.2 Å². The summed E-state index contributed by atoms with van der Waals surface area (Å²) < 4.78 is 53.2. The highest BCUT2D eigenvalue weighted by atomic mass is 79.9. The second kappa shape index (κ2) is 5.78. The van der Waals surface area contributed by atoms with Crippen molar-refractivity contribution in [1.82, 2.24) is 0 Å². The Labute approximate surface area is 133 Å². The Bertz CT molecular complexity index is 815. The molecule has 2 aromatic carbocycles. The lowest BCUT2D eigenvalue weighted by molar-refractivity contribution is 0.600. The molecule has 0 unspecified atom stereocenters. The summed E-state index contributed by atoms with van der Waals surface area (Å²) in [5.41, 5.74) is 4.97. The van der Waals surface area contributed by atoms with E-state index in [1.165, 1.54) is 12.1 Å². The van der Waals surface area contributed by atoms with Crippen LogP contribution in [0.15, 0.2) is 39.7 Å². The molecule has 0 saturated carbocycles. The summed E-state index contributed by atoms with van der Waals surface area (Å²) in [5, 5.41) is -0.327. The monoisotopic (exact) mass is 396 g/mol. The summed E-state index contributed by atoms with van der Waals surface area (Å²) >= 11 is 8.66. The number of sulfonamides is 1. The van der Waals surface area contributed by atoms with Crippen molar-refractivity contribution in [1.29, 1.82) is 0 Å². The van der Waals surface area contributed by atoms with Crippen molar-refractivity contribution in [2.75, 3.05) is 10.5 Å².